The van der Waals surface area contributed by atoms with Crippen molar-refractivity contribution in [3.05, 3.63) is 73.9 Å². The molecule has 8 nitrogen and oxygen atoms in total. The van der Waals surface area contributed by atoms with Gasteiger partial charge in [0, 0.05) is 17.1 Å². The van der Waals surface area contributed by atoms with Crippen molar-refractivity contribution in [2.24, 2.45) is 0 Å². The molecule has 0 aliphatic carbocycles. The number of thiazole rings is 1. The Morgan fingerprint density at radius 1 is 1.14 bits per heavy atom. The summed E-state index contributed by atoms with van der Waals surface area (Å²) in [5.74, 6) is -0.315. The van der Waals surface area contributed by atoms with E-state index in [9.17, 15) is 14.4 Å². The lowest BCUT2D eigenvalue weighted by atomic mass is 10.1. The van der Waals surface area contributed by atoms with Crippen LogP contribution >= 0.6 is 11.3 Å². The number of aromatic amines is 2. The molecule has 0 unspecified atom stereocenters. The number of hydrogen-bond acceptors (Lipinski definition) is 6. The SMILES string of the molecule is CCc1ccc(-c2csc(NC(=O)Cc3ccnc4[nH]c(=O)[nH]c(=O)c34)n2)cc1. The smallest absolute Gasteiger partial charge is 0.302 e. The van der Waals surface area contributed by atoms with Gasteiger partial charge in [0.25, 0.3) is 5.56 Å². The third-order valence-electron chi connectivity index (χ3n) is 4.48. The molecule has 0 aliphatic rings. The fourth-order valence-corrected chi connectivity index (χ4v) is 3.75. The number of nitrogens with zero attached hydrogens (tertiary/aromatic N) is 2. The number of benzene rings is 1. The third kappa shape index (κ3) is 3.99. The largest absolute Gasteiger partial charge is 0.327 e. The Morgan fingerprint density at radius 2 is 1.93 bits per heavy atom. The second kappa shape index (κ2) is 7.80. The Labute approximate surface area is 168 Å². The first-order chi connectivity index (χ1) is 14.0. The quantitative estimate of drug-likeness (QED) is 0.469. The number of amides is 1. The van der Waals surface area contributed by atoms with Gasteiger partial charge >= 0.3 is 5.69 Å². The maximum Gasteiger partial charge on any atom is 0.327 e. The minimum Gasteiger partial charge on any atom is -0.302 e. The molecule has 1 aromatic carbocycles. The topological polar surface area (TPSA) is 121 Å². The molecule has 3 aromatic heterocycles. The van der Waals surface area contributed by atoms with Crippen molar-refractivity contribution in [1.82, 2.24) is 19.9 Å². The summed E-state index contributed by atoms with van der Waals surface area (Å²) in [5, 5.41) is 5.32. The van der Waals surface area contributed by atoms with E-state index in [0.717, 1.165) is 17.7 Å². The molecule has 0 atom stereocenters. The Balaban J connectivity index is 1.52. The van der Waals surface area contributed by atoms with Crippen LogP contribution in [0.15, 0.2) is 51.5 Å². The van der Waals surface area contributed by atoms with Crippen LogP contribution in [-0.2, 0) is 17.6 Å². The molecule has 4 rings (SSSR count). The van der Waals surface area contributed by atoms with Gasteiger partial charge in [-0.05, 0) is 23.6 Å². The summed E-state index contributed by atoms with van der Waals surface area (Å²) in [6, 6.07) is 9.72. The van der Waals surface area contributed by atoms with Crippen molar-refractivity contribution >= 4 is 33.4 Å². The lowest BCUT2D eigenvalue weighted by Gasteiger charge is -2.05. The van der Waals surface area contributed by atoms with Gasteiger partial charge in [-0.3, -0.25) is 19.6 Å². The number of carbonyl (C=O) groups excluding carboxylic acids is 1. The van der Waals surface area contributed by atoms with Crippen molar-refractivity contribution in [1.29, 1.82) is 0 Å². The van der Waals surface area contributed by atoms with Crippen LogP contribution in [0, 0.1) is 0 Å². The second-order valence-corrected chi connectivity index (χ2v) is 7.27. The minimum absolute atomic E-state index is 0.0474. The summed E-state index contributed by atoms with van der Waals surface area (Å²) in [6.07, 6.45) is 2.37. The van der Waals surface area contributed by atoms with Crippen LogP contribution in [0.4, 0.5) is 5.13 Å². The molecule has 3 heterocycles. The summed E-state index contributed by atoms with van der Waals surface area (Å²) in [6.45, 7) is 2.10. The summed E-state index contributed by atoms with van der Waals surface area (Å²) in [4.78, 5) is 49.1. The molecule has 0 radical (unpaired) electrons. The zero-order chi connectivity index (χ0) is 20.4. The maximum absolute atomic E-state index is 12.5. The van der Waals surface area contributed by atoms with Gasteiger partial charge < -0.3 is 5.32 Å². The number of rotatable bonds is 5. The summed E-state index contributed by atoms with van der Waals surface area (Å²) >= 11 is 1.33. The van der Waals surface area contributed by atoms with Crippen LogP contribution in [-0.4, -0.2) is 25.8 Å². The Kier molecular flexibility index (Phi) is 5.05. The molecular formula is C20H17N5O3S. The van der Waals surface area contributed by atoms with E-state index in [1.807, 2.05) is 17.5 Å². The third-order valence-corrected chi connectivity index (χ3v) is 5.24. The summed E-state index contributed by atoms with van der Waals surface area (Å²) in [5.41, 5.74) is 2.42. The van der Waals surface area contributed by atoms with Gasteiger partial charge in [0.05, 0.1) is 17.5 Å². The minimum atomic E-state index is -0.640. The van der Waals surface area contributed by atoms with Gasteiger partial charge in [-0.1, -0.05) is 31.2 Å². The number of H-pyrrole nitrogens is 2. The normalized spacial score (nSPS) is 10.9. The van der Waals surface area contributed by atoms with Gasteiger partial charge in [0.15, 0.2) is 5.13 Å². The molecule has 0 aliphatic heterocycles. The summed E-state index contributed by atoms with van der Waals surface area (Å²) < 4.78 is 0. The molecule has 9 heteroatoms. The lowest BCUT2D eigenvalue weighted by Crippen LogP contribution is -2.24. The standard InChI is InChI=1S/C20H17N5O3S/c1-2-11-3-5-12(6-4-11)14-10-29-20(22-14)23-15(26)9-13-7-8-21-17-16(13)18(27)25-19(28)24-17/h3-8,10H,2,9H2,1H3,(H,22,23,26)(H2,21,24,25,27,28). The van der Waals surface area contributed by atoms with Crippen LogP contribution in [0.2, 0.25) is 0 Å². The molecule has 146 valence electrons. The van der Waals surface area contributed by atoms with E-state index in [1.54, 1.807) is 6.07 Å². The Bertz CT molecular complexity index is 1300. The molecule has 0 fully saturated rings. The van der Waals surface area contributed by atoms with Crippen molar-refractivity contribution in [2.75, 3.05) is 5.32 Å². The van der Waals surface area contributed by atoms with Crippen molar-refractivity contribution < 1.29 is 4.79 Å². The van der Waals surface area contributed by atoms with E-state index in [-0.39, 0.29) is 23.4 Å². The van der Waals surface area contributed by atoms with E-state index in [0.29, 0.717) is 10.7 Å². The second-order valence-electron chi connectivity index (χ2n) is 6.42. The van der Waals surface area contributed by atoms with Crippen LogP contribution < -0.4 is 16.6 Å². The van der Waals surface area contributed by atoms with E-state index >= 15 is 0 Å². The predicted molar refractivity (Wildman–Crippen MR) is 112 cm³/mol. The fourth-order valence-electron chi connectivity index (χ4n) is 3.01. The van der Waals surface area contributed by atoms with Crippen LogP contribution in [0.1, 0.15) is 18.1 Å². The highest BCUT2D eigenvalue weighted by Gasteiger charge is 2.13. The highest BCUT2D eigenvalue weighted by atomic mass is 32.1. The van der Waals surface area contributed by atoms with Gasteiger partial charge in [-0.15, -0.1) is 11.3 Å². The lowest BCUT2D eigenvalue weighted by molar-refractivity contribution is -0.115. The van der Waals surface area contributed by atoms with Crippen molar-refractivity contribution in [2.45, 2.75) is 19.8 Å². The fraction of sp³-hybridized carbons (Fsp3) is 0.150. The predicted octanol–water partition coefficient (Wildman–Crippen LogP) is 2.48. The molecule has 1 amide bonds. The first-order valence-electron chi connectivity index (χ1n) is 8.98. The van der Waals surface area contributed by atoms with Crippen molar-refractivity contribution in [3.63, 3.8) is 0 Å². The number of aromatic nitrogens is 4. The molecule has 3 N–H and O–H groups in total. The van der Waals surface area contributed by atoms with E-state index in [2.05, 4.69) is 44.3 Å². The van der Waals surface area contributed by atoms with E-state index in [1.165, 1.54) is 23.1 Å². The number of anilines is 1. The zero-order valence-corrected chi connectivity index (χ0v) is 16.3. The van der Waals surface area contributed by atoms with E-state index in [4.69, 9.17) is 0 Å². The number of fused-ring (bicyclic) bond motifs is 1. The highest BCUT2D eigenvalue weighted by Crippen LogP contribution is 2.25. The molecule has 0 bridgehead atoms. The van der Waals surface area contributed by atoms with Gasteiger partial charge in [-0.25, -0.2) is 14.8 Å². The van der Waals surface area contributed by atoms with Gasteiger partial charge in [0.2, 0.25) is 5.91 Å². The number of carbonyl (C=O) groups is 1. The van der Waals surface area contributed by atoms with Crippen LogP contribution in [0.5, 0.6) is 0 Å². The first kappa shape index (κ1) is 18.8. The zero-order valence-electron chi connectivity index (χ0n) is 15.5. The van der Waals surface area contributed by atoms with Gasteiger partial charge in [0.1, 0.15) is 5.65 Å². The highest BCUT2D eigenvalue weighted by molar-refractivity contribution is 7.14. The molecule has 29 heavy (non-hydrogen) atoms. The summed E-state index contributed by atoms with van der Waals surface area (Å²) in [7, 11) is 0. The molecule has 0 spiro atoms. The van der Waals surface area contributed by atoms with Crippen molar-refractivity contribution in [3.8, 4) is 11.3 Å². The average molecular weight is 407 g/mol. The average Bonchev–Trinajstić information content (AvgIpc) is 3.16. The Morgan fingerprint density at radius 3 is 2.69 bits per heavy atom. The van der Waals surface area contributed by atoms with Crippen LogP contribution in [0.3, 0.4) is 0 Å². The Hall–Kier alpha value is -3.59. The van der Waals surface area contributed by atoms with Gasteiger partial charge in [-0.2, -0.15) is 0 Å². The maximum atomic E-state index is 12.5. The molecule has 0 saturated heterocycles. The number of pyridine rings is 1. The first-order valence-corrected chi connectivity index (χ1v) is 9.86. The number of aryl methyl sites for hydroxylation is 1. The number of nitrogens with one attached hydrogen (secondary N) is 3. The molecule has 0 saturated carbocycles. The monoisotopic (exact) mass is 407 g/mol. The molecule has 4 aromatic rings. The number of hydrogen-bond donors (Lipinski definition) is 3. The van der Waals surface area contributed by atoms with Crippen LogP contribution in [0.25, 0.3) is 22.3 Å². The molecular weight excluding hydrogens is 390 g/mol. The van der Waals surface area contributed by atoms with E-state index < -0.39 is 11.2 Å².